The molecule has 390 valence electrons. The zero-order chi connectivity index (χ0) is 54.3. The molecule has 78 heavy (non-hydrogen) atoms. The lowest BCUT2D eigenvalue weighted by Gasteiger charge is -2.45. The largest absolute Gasteiger partial charge is 0.311 e. The number of benzene rings is 9. The van der Waals surface area contributed by atoms with Crippen molar-refractivity contribution < 1.29 is 0 Å². The maximum absolute atomic E-state index is 2.74. The predicted molar refractivity (Wildman–Crippen MR) is 336 cm³/mol. The Hall–Kier alpha value is -7.16. The molecule has 1 aliphatic carbocycles. The van der Waals surface area contributed by atoms with Crippen LogP contribution in [0.15, 0.2) is 200 Å². The third-order valence-corrected chi connectivity index (χ3v) is 18.3. The van der Waals surface area contributed by atoms with Gasteiger partial charge in [0, 0.05) is 28.8 Å². The molecule has 9 aromatic rings. The third kappa shape index (κ3) is 9.38. The van der Waals surface area contributed by atoms with Crippen molar-refractivity contribution in [3.8, 4) is 22.3 Å². The molecule has 0 bridgehead atoms. The summed E-state index contributed by atoms with van der Waals surface area (Å²) in [5, 5.41) is 0. The van der Waals surface area contributed by atoms with Gasteiger partial charge in [0.05, 0.1) is 5.69 Å². The Bertz CT molecular complexity index is 3640. The van der Waals surface area contributed by atoms with Crippen molar-refractivity contribution in [1.82, 2.24) is 0 Å². The summed E-state index contributed by atoms with van der Waals surface area (Å²) in [6.07, 6.45) is 5.13. The van der Waals surface area contributed by atoms with Gasteiger partial charge in [-0.2, -0.15) is 0 Å². The third-order valence-electron chi connectivity index (χ3n) is 18.3. The maximum Gasteiger partial charge on any atom is 0.247 e. The van der Waals surface area contributed by atoms with Gasteiger partial charge in [0.1, 0.15) is 0 Å². The van der Waals surface area contributed by atoms with E-state index in [0.29, 0.717) is 0 Å². The highest BCUT2D eigenvalue weighted by Crippen LogP contribution is 2.53. The number of rotatable bonds is 11. The summed E-state index contributed by atoms with van der Waals surface area (Å²) in [5.41, 5.74) is 29.1. The van der Waals surface area contributed by atoms with E-state index >= 15 is 0 Å². The highest BCUT2D eigenvalue weighted by Gasteiger charge is 2.48. The molecular weight excluding hydrogens is 938 g/mol. The van der Waals surface area contributed by atoms with E-state index < -0.39 is 0 Å². The van der Waals surface area contributed by atoms with E-state index in [2.05, 4.69) is 281 Å². The van der Waals surface area contributed by atoms with Gasteiger partial charge in [-0.25, -0.2) is 0 Å². The highest BCUT2D eigenvalue weighted by atomic mass is 15.2. The van der Waals surface area contributed by atoms with Crippen molar-refractivity contribution in [2.45, 2.75) is 142 Å². The van der Waals surface area contributed by atoms with E-state index in [9.17, 15) is 0 Å². The van der Waals surface area contributed by atoms with Crippen LogP contribution in [-0.4, -0.2) is 6.71 Å². The summed E-state index contributed by atoms with van der Waals surface area (Å²) in [4.78, 5) is 2.74. The first-order valence-corrected chi connectivity index (χ1v) is 29.1. The van der Waals surface area contributed by atoms with Crippen molar-refractivity contribution >= 4 is 40.2 Å². The summed E-state index contributed by atoms with van der Waals surface area (Å²) in [5.74, 6) is 0.493. The van der Waals surface area contributed by atoms with Crippen molar-refractivity contribution in [1.29, 1.82) is 0 Å². The highest BCUT2D eigenvalue weighted by molar-refractivity contribution is 6.99. The second-order valence-electron chi connectivity index (χ2n) is 26.7. The first-order valence-electron chi connectivity index (χ1n) is 29.1. The monoisotopic (exact) mass is 1020 g/mol. The number of anilines is 3. The Balaban J connectivity index is 1.10. The van der Waals surface area contributed by atoms with Crippen LogP contribution in [0.4, 0.5) is 17.1 Å². The van der Waals surface area contributed by atoms with Crippen molar-refractivity contribution in [2.75, 3.05) is 4.90 Å². The zero-order valence-electron chi connectivity index (χ0n) is 48.3. The molecule has 1 atom stereocenters. The smallest absolute Gasteiger partial charge is 0.247 e. The van der Waals surface area contributed by atoms with E-state index in [-0.39, 0.29) is 40.2 Å². The quantitative estimate of drug-likeness (QED) is 0.117. The van der Waals surface area contributed by atoms with Crippen LogP contribution in [-0.2, 0) is 34.5 Å². The SMILES string of the molecule is Cc1cc(-c2ccccc2)ccc1CCC1c2cc3c(cc2B2c4ccc(CCC(c5ccccc5)c5ccccc5)cc4N(c4ccc(C(C)(C)C)cc4-c4ccccc4)c4cc(C(C)(C)C)cc1c42)C(C)(C)CC3(C)C. The van der Waals surface area contributed by atoms with Gasteiger partial charge in [0.15, 0.2) is 0 Å². The maximum atomic E-state index is 2.74. The van der Waals surface area contributed by atoms with Gasteiger partial charge in [0.2, 0.25) is 6.71 Å². The summed E-state index contributed by atoms with van der Waals surface area (Å²) >= 11 is 0. The molecule has 9 aromatic carbocycles. The number of hydrogen-bond donors (Lipinski definition) is 0. The summed E-state index contributed by atoms with van der Waals surface area (Å²) in [6, 6.07) is 77.4. The fraction of sp³-hybridized carbons (Fsp3) is 0.289. The number of aryl methyl sites for hydroxylation is 3. The fourth-order valence-electron chi connectivity index (χ4n) is 14.4. The lowest BCUT2D eigenvalue weighted by molar-refractivity contribution is 0.403. The molecule has 2 aliphatic heterocycles. The van der Waals surface area contributed by atoms with E-state index in [4.69, 9.17) is 0 Å². The van der Waals surface area contributed by atoms with Gasteiger partial charge in [-0.15, -0.1) is 0 Å². The molecule has 0 saturated carbocycles. The summed E-state index contributed by atoms with van der Waals surface area (Å²) < 4.78 is 0. The van der Waals surface area contributed by atoms with Crippen LogP contribution in [0.3, 0.4) is 0 Å². The Morgan fingerprint density at radius 2 is 1.10 bits per heavy atom. The lowest BCUT2D eigenvalue weighted by Crippen LogP contribution is -2.62. The molecule has 0 saturated heterocycles. The molecule has 0 fully saturated rings. The normalized spacial score (nSPS) is 15.9. The molecule has 2 heteroatoms. The van der Waals surface area contributed by atoms with Crippen LogP contribution in [0.5, 0.6) is 0 Å². The van der Waals surface area contributed by atoms with Gasteiger partial charge >= 0.3 is 0 Å². The molecule has 12 rings (SSSR count). The molecular formula is C76H78BN. The summed E-state index contributed by atoms with van der Waals surface area (Å²) in [6.45, 7) is 26.7. The minimum absolute atomic E-state index is 0.0285. The van der Waals surface area contributed by atoms with Crippen LogP contribution in [0.1, 0.15) is 162 Å². The standard InChI is InChI=1S/C76H78BN/c1-50-42-57(53-24-16-12-17-25-53)35-34-52(50)36-39-61-63-47-65-66(76(10,11)49-75(65,8)9)48-68(63)77-67-40-33-51(32-38-60(54-26-18-13-19-27-54)55-28-20-14-21-29-55)43-70(67)78(71-46-59(74(5,6)7)45-64(61)72(71)77)69-41-37-58(73(2,3)4)44-62(69)56-30-22-15-23-31-56/h12-31,33-35,37,40-48,60-61H,32,36,38-39,49H2,1-11H3. The van der Waals surface area contributed by atoms with Gasteiger partial charge in [0.25, 0.3) is 0 Å². The number of hydrogen-bond acceptors (Lipinski definition) is 1. The Morgan fingerprint density at radius 3 is 1.72 bits per heavy atom. The molecule has 0 radical (unpaired) electrons. The minimum atomic E-state index is -0.101. The van der Waals surface area contributed by atoms with E-state index in [1.54, 1.807) is 5.56 Å². The first kappa shape index (κ1) is 51.6. The predicted octanol–water partition coefficient (Wildman–Crippen LogP) is 18.0. The van der Waals surface area contributed by atoms with Crippen molar-refractivity contribution in [3.63, 3.8) is 0 Å². The van der Waals surface area contributed by atoms with E-state index in [1.165, 1.54) is 111 Å². The molecule has 0 aromatic heterocycles. The second-order valence-corrected chi connectivity index (χ2v) is 26.7. The average Bonchev–Trinajstić information content (AvgIpc) is 3.47. The Labute approximate surface area is 467 Å². The van der Waals surface area contributed by atoms with E-state index in [1.807, 2.05) is 0 Å². The number of fused-ring (bicyclic) bond motifs is 5. The lowest BCUT2D eigenvalue weighted by atomic mass is 9.30. The van der Waals surface area contributed by atoms with Gasteiger partial charge in [-0.3, -0.25) is 0 Å². The van der Waals surface area contributed by atoms with Gasteiger partial charge in [-0.1, -0.05) is 251 Å². The molecule has 0 amide bonds. The van der Waals surface area contributed by atoms with Crippen LogP contribution in [0.2, 0.25) is 0 Å². The second kappa shape index (κ2) is 19.6. The minimum Gasteiger partial charge on any atom is -0.311 e. The van der Waals surface area contributed by atoms with Gasteiger partial charge in [-0.05, 0) is 174 Å². The molecule has 1 nitrogen and oxygen atoms in total. The van der Waals surface area contributed by atoms with Crippen LogP contribution in [0.25, 0.3) is 22.3 Å². The van der Waals surface area contributed by atoms with E-state index in [0.717, 1.165) is 32.1 Å². The van der Waals surface area contributed by atoms with Gasteiger partial charge < -0.3 is 4.90 Å². The Morgan fingerprint density at radius 1 is 0.500 bits per heavy atom. The summed E-state index contributed by atoms with van der Waals surface area (Å²) in [7, 11) is 0. The average molecular weight is 1020 g/mol. The van der Waals surface area contributed by atoms with Crippen molar-refractivity contribution in [2.24, 2.45) is 0 Å². The molecule has 3 aliphatic rings. The molecule has 0 N–H and O–H groups in total. The molecule has 0 spiro atoms. The van der Waals surface area contributed by atoms with Crippen LogP contribution >= 0.6 is 0 Å². The molecule has 1 unspecified atom stereocenters. The Kier molecular flexibility index (Phi) is 13.0. The first-order chi connectivity index (χ1) is 37.3. The fourth-order valence-corrected chi connectivity index (χ4v) is 14.4. The van der Waals surface area contributed by atoms with Crippen LogP contribution < -0.4 is 21.3 Å². The topological polar surface area (TPSA) is 3.24 Å². The zero-order valence-corrected chi connectivity index (χ0v) is 48.3. The van der Waals surface area contributed by atoms with Crippen molar-refractivity contribution in [3.05, 3.63) is 261 Å². The number of nitrogens with zero attached hydrogens (tertiary/aromatic N) is 1. The van der Waals surface area contributed by atoms with Crippen LogP contribution in [0, 0.1) is 6.92 Å². The molecule has 2 heterocycles.